The summed E-state index contributed by atoms with van der Waals surface area (Å²) >= 11 is 0. The first-order valence-corrected chi connectivity index (χ1v) is 7.86. The van der Waals surface area contributed by atoms with Crippen molar-refractivity contribution < 1.29 is 23.7 Å². The number of fused-ring (bicyclic) bond motifs is 1. The van der Waals surface area contributed by atoms with Gasteiger partial charge in [0.15, 0.2) is 18.4 Å². The Morgan fingerprint density at radius 1 is 1.05 bits per heavy atom. The topological polar surface area (TPSA) is 46.2 Å². The first-order valence-electron chi connectivity index (χ1n) is 7.86. The molecule has 0 aromatic heterocycles. The highest BCUT2D eigenvalue weighted by Gasteiger charge is 2.55. The van der Waals surface area contributed by atoms with Crippen molar-refractivity contribution >= 4 is 0 Å². The summed E-state index contributed by atoms with van der Waals surface area (Å²) in [6.45, 7) is 6.42. The van der Waals surface area contributed by atoms with Crippen LogP contribution in [0.4, 0.5) is 0 Å². The summed E-state index contributed by atoms with van der Waals surface area (Å²) in [5, 5.41) is 0. The Labute approximate surface area is 120 Å². The van der Waals surface area contributed by atoms with E-state index in [1.807, 2.05) is 20.8 Å². The van der Waals surface area contributed by atoms with Crippen molar-refractivity contribution in [2.75, 3.05) is 6.61 Å². The summed E-state index contributed by atoms with van der Waals surface area (Å²) in [6, 6.07) is 0. The highest BCUT2D eigenvalue weighted by molar-refractivity contribution is 4.93. The standard InChI is InChI=1S/C15H26O5/c1-10(2)17-11(3)18-14-13-12(9-16-14)19-15(20-13)7-5-4-6-8-15/h10-14H,4-9H2,1-3H3/t11?,12-,13-,14-/m0/s1. The van der Waals surface area contributed by atoms with Crippen LogP contribution in [0.15, 0.2) is 0 Å². The maximum absolute atomic E-state index is 6.20. The summed E-state index contributed by atoms with van der Waals surface area (Å²) in [5.41, 5.74) is 0. The fourth-order valence-corrected chi connectivity index (χ4v) is 3.39. The van der Waals surface area contributed by atoms with Crippen molar-refractivity contribution in [3.8, 4) is 0 Å². The van der Waals surface area contributed by atoms with Crippen LogP contribution in [0.1, 0.15) is 52.9 Å². The molecule has 0 aromatic carbocycles. The van der Waals surface area contributed by atoms with Crippen LogP contribution in [0.25, 0.3) is 0 Å². The molecule has 1 aliphatic carbocycles. The van der Waals surface area contributed by atoms with E-state index in [4.69, 9.17) is 23.7 Å². The van der Waals surface area contributed by atoms with E-state index in [1.165, 1.54) is 19.3 Å². The molecule has 0 N–H and O–H groups in total. The van der Waals surface area contributed by atoms with E-state index in [2.05, 4.69) is 0 Å². The first kappa shape index (κ1) is 14.7. The van der Waals surface area contributed by atoms with Crippen molar-refractivity contribution in [1.82, 2.24) is 0 Å². The maximum atomic E-state index is 6.20. The van der Waals surface area contributed by atoms with Crippen molar-refractivity contribution in [3.63, 3.8) is 0 Å². The van der Waals surface area contributed by atoms with Crippen LogP contribution in [-0.4, -0.2) is 43.3 Å². The Balaban J connectivity index is 1.57. The van der Waals surface area contributed by atoms with E-state index in [1.54, 1.807) is 0 Å². The van der Waals surface area contributed by atoms with Crippen LogP contribution < -0.4 is 0 Å². The van der Waals surface area contributed by atoms with E-state index < -0.39 is 0 Å². The molecule has 1 saturated carbocycles. The molecule has 0 amide bonds. The molecule has 3 rings (SSSR count). The van der Waals surface area contributed by atoms with Crippen molar-refractivity contribution in [1.29, 1.82) is 0 Å². The van der Waals surface area contributed by atoms with Gasteiger partial charge >= 0.3 is 0 Å². The molecule has 1 unspecified atom stereocenters. The molecule has 20 heavy (non-hydrogen) atoms. The van der Waals surface area contributed by atoms with Gasteiger partial charge in [0, 0.05) is 12.8 Å². The lowest BCUT2D eigenvalue weighted by Gasteiger charge is -2.33. The molecule has 5 heteroatoms. The molecular formula is C15H26O5. The molecule has 4 atom stereocenters. The van der Waals surface area contributed by atoms with Gasteiger partial charge in [-0.25, -0.2) is 0 Å². The second-order valence-electron chi connectivity index (χ2n) is 6.30. The second kappa shape index (κ2) is 5.89. The van der Waals surface area contributed by atoms with Gasteiger partial charge in [0.2, 0.25) is 0 Å². The SMILES string of the molecule is CC(C)OC(C)O[C@@H]1OC[C@@H]2OC3(CCCCC3)O[C@H]12. The van der Waals surface area contributed by atoms with Crippen LogP contribution in [0.3, 0.4) is 0 Å². The third-order valence-corrected chi connectivity index (χ3v) is 4.18. The van der Waals surface area contributed by atoms with Crippen LogP contribution in [-0.2, 0) is 23.7 Å². The van der Waals surface area contributed by atoms with Gasteiger partial charge in [-0.15, -0.1) is 0 Å². The predicted octanol–water partition coefficient (Wildman–Crippen LogP) is 2.57. The molecule has 3 fully saturated rings. The fraction of sp³-hybridized carbons (Fsp3) is 1.00. The zero-order valence-electron chi connectivity index (χ0n) is 12.7. The van der Waals surface area contributed by atoms with Gasteiger partial charge in [-0.3, -0.25) is 0 Å². The van der Waals surface area contributed by atoms with Crippen LogP contribution in [0.2, 0.25) is 0 Å². The summed E-state index contributed by atoms with van der Waals surface area (Å²) in [4.78, 5) is 0. The van der Waals surface area contributed by atoms with E-state index in [0.717, 1.165) is 12.8 Å². The van der Waals surface area contributed by atoms with Gasteiger partial charge in [-0.2, -0.15) is 0 Å². The van der Waals surface area contributed by atoms with Gasteiger partial charge in [-0.05, 0) is 33.6 Å². The normalized spacial score (nSPS) is 37.5. The van der Waals surface area contributed by atoms with E-state index >= 15 is 0 Å². The summed E-state index contributed by atoms with van der Waals surface area (Å²) in [7, 11) is 0. The fourth-order valence-electron chi connectivity index (χ4n) is 3.39. The molecule has 0 aromatic rings. The third-order valence-electron chi connectivity index (χ3n) is 4.18. The number of ether oxygens (including phenoxy) is 5. The lowest BCUT2D eigenvalue weighted by Crippen LogP contribution is -2.38. The zero-order chi connectivity index (χ0) is 14.2. The molecule has 2 aliphatic heterocycles. The Hall–Kier alpha value is -0.200. The van der Waals surface area contributed by atoms with Crippen LogP contribution in [0.5, 0.6) is 0 Å². The van der Waals surface area contributed by atoms with E-state index in [9.17, 15) is 0 Å². The van der Waals surface area contributed by atoms with E-state index in [-0.39, 0.29) is 36.7 Å². The third kappa shape index (κ3) is 3.02. The van der Waals surface area contributed by atoms with Gasteiger partial charge < -0.3 is 23.7 Å². The number of hydrogen-bond acceptors (Lipinski definition) is 5. The molecule has 5 nitrogen and oxygen atoms in total. The van der Waals surface area contributed by atoms with Gasteiger partial charge in [0.1, 0.15) is 12.2 Å². The van der Waals surface area contributed by atoms with Crippen LogP contribution >= 0.6 is 0 Å². The minimum absolute atomic E-state index is 0.00403. The highest BCUT2D eigenvalue weighted by Crippen LogP contribution is 2.44. The summed E-state index contributed by atoms with van der Waals surface area (Å²) in [6.07, 6.45) is 4.95. The monoisotopic (exact) mass is 286 g/mol. The van der Waals surface area contributed by atoms with Crippen molar-refractivity contribution in [2.24, 2.45) is 0 Å². The molecule has 0 radical (unpaired) electrons. The highest BCUT2D eigenvalue weighted by atomic mass is 16.8. The Bertz CT molecular complexity index is 326. The lowest BCUT2D eigenvalue weighted by molar-refractivity contribution is -0.282. The molecule has 2 heterocycles. The number of hydrogen-bond donors (Lipinski definition) is 0. The van der Waals surface area contributed by atoms with Crippen LogP contribution in [0, 0.1) is 0 Å². The van der Waals surface area contributed by atoms with Gasteiger partial charge in [0.25, 0.3) is 0 Å². The van der Waals surface area contributed by atoms with Crippen molar-refractivity contribution in [3.05, 3.63) is 0 Å². The Kier molecular flexibility index (Phi) is 4.34. The largest absolute Gasteiger partial charge is 0.350 e. The lowest BCUT2D eigenvalue weighted by atomic mass is 9.94. The van der Waals surface area contributed by atoms with Crippen molar-refractivity contribution in [2.45, 2.75) is 89.6 Å². The minimum atomic E-state index is -0.380. The minimum Gasteiger partial charge on any atom is -0.350 e. The maximum Gasteiger partial charge on any atom is 0.189 e. The average Bonchev–Trinajstić information content (AvgIpc) is 2.88. The molecular weight excluding hydrogens is 260 g/mol. The predicted molar refractivity (Wildman–Crippen MR) is 72.1 cm³/mol. The average molecular weight is 286 g/mol. The zero-order valence-corrected chi connectivity index (χ0v) is 12.7. The molecule has 3 aliphatic rings. The molecule has 0 bridgehead atoms. The smallest absolute Gasteiger partial charge is 0.189 e. The first-order chi connectivity index (χ1) is 9.58. The van der Waals surface area contributed by atoms with Gasteiger partial charge in [-0.1, -0.05) is 6.42 Å². The quantitative estimate of drug-likeness (QED) is 0.743. The van der Waals surface area contributed by atoms with Gasteiger partial charge in [0.05, 0.1) is 12.7 Å². The van der Waals surface area contributed by atoms with E-state index in [0.29, 0.717) is 6.61 Å². The molecule has 116 valence electrons. The Morgan fingerprint density at radius 3 is 2.50 bits per heavy atom. The molecule has 2 saturated heterocycles. The Morgan fingerprint density at radius 2 is 1.80 bits per heavy atom. The summed E-state index contributed by atoms with van der Waals surface area (Å²) < 4.78 is 29.4. The molecule has 1 spiro atoms. The second-order valence-corrected chi connectivity index (χ2v) is 6.30. The number of rotatable bonds is 4. The summed E-state index contributed by atoms with van der Waals surface area (Å²) in [5.74, 6) is -0.374.